The Morgan fingerprint density at radius 1 is 1.36 bits per heavy atom. The van der Waals surface area contributed by atoms with E-state index in [-0.39, 0.29) is 11.0 Å². The first-order chi connectivity index (χ1) is 10.6. The van der Waals surface area contributed by atoms with Crippen molar-refractivity contribution in [2.75, 3.05) is 0 Å². The third kappa shape index (κ3) is 2.66. The van der Waals surface area contributed by atoms with Gasteiger partial charge in [-0.05, 0) is 19.9 Å². The van der Waals surface area contributed by atoms with Gasteiger partial charge < -0.3 is 4.98 Å². The van der Waals surface area contributed by atoms with E-state index >= 15 is 0 Å². The fraction of sp³-hybridized carbons (Fsp3) is 0.312. The minimum atomic E-state index is -0.238. The van der Waals surface area contributed by atoms with Crippen LogP contribution in [0.2, 0.25) is 0 Å². The highest BCUT2D eigenvalue weighted by molar-refractivity contribution is 8.00. The average molecular weight is 314 g/mol. The summed E-state index contributed by atoms with van der Waals surface area (Å²) in [6.07, 6.45) is 0.803. The number of para-hydroxylation sites is 1. The Kier molecular flexibility index (Phi) is 4.02. The molecule has 1 atom stereocenters. The Hall–Kier alpha value is -2.08. The first kappa shape index (κ1) is 14.8. The number of H-pyrrole nitrogens is 2. The predicted octanol–water partition coefficient (Wildman–Crippen LogP) is 3.52. The summed E-state index contributed by atoms with van der Waals surface area (Å²) in [6, 6.07) is 7.88. The zero-order valence-corrected chi connectivity index (χ0v) is 13.6. The Bertz CT molecular complexity index is 821. The fourth-order valence-corrected chi connectivity index (χ4v) is 3.30. The molecule has 0 saturated carbocycles. The second-order valence-corrected chi connectivity index (χ2v) is 6.52. The molecule has 22 heavy (non-hydrogen) atoms. The molecule has 0 radical (unpaired) electrons. The predicted molar refractivity (Wildman–Crippen MR) is 88.4 cm³/mol. The van der Waals surface area contributed by atoms with Gasteiger partial charge in [0.1, 0.15) is 5.82 Å². The van der Waals surface area contributed by atoms with Gasteiger partial charge in [-0.1, -0.05) is 36.9 Å². The lowest BCUT2D eigenvalue weighted by atomic mass is 10.1. The van der Waals surface area contributed by atoms with Gasteiger partial charge in [0.2, 0.25) is 5.16 Å². The van der Waals surface area contributed by atoms with Crippen LogP contribution >= 0.6 is 11.8 Å². The summed E-state index contributed by atoms with van der Waals surface area (Å²) in [4.78, 5) is 20.4. The molecule has 0 aliphatic carbocycles. The highest BCUT2D eigenvalue weighted by Crippen LogP contribution is 2.28. The molecule has 0 bridgehead atoms. The van der Waals surface area contributed by atoms with Crippen molar-refractivity contribution >= 4 is 28.4 Å². The number of aromatic nitrogens is 4. The molecule has 2 aromatic heterocycles. The third-order valence-corrected chi connectivity index (χ3v) is 4.60. The second kappa shape index (κ2) is 5.96. The van der Waals surface area contributed by atoms with Gasteiger partial charge in [-0.15, -0.1) is 5.10 Å². The van der Waals surface area contributed by atoms with Crippen LogP contribution in [0.15, 0.2) is 29.4 Å². The molecular weight excluding hydrogens is 296 g/mol. The van der Waals surface area contributed by atoms with E-state index in [1.54, 1.807) is 0 Å². The number of carbonyl (C=O) groups excluding carboxylic acids is 1. The maximum absolute atomic E-state index is 12.8. The molecule has 5 nitrogen and oxygen atoms in total. The number of thioether (sulfide) groups is 1. The van der Waals surface area contributed by atoms with Crippen molar-refractivity contribution in [1.29, 1.82) is 0 Å². The van der Waals surface area contributed by atoms with Crippen LogP contribution in [0.1, 0.15) is 35.7 Å². The summed E-state index contributed by atoms with van der Waals surface area (Å²) in [6.45, 7) is 5.85. The number of ketones is 1. The molecule has 0 amide bonds. The van der Waals surface area contributed by atoms with Crippen LogP contribution in [0.25, 0.3) is 10.9 Å². The highest BCUT2D eigenvalue weighted by atomic mass is 32.2. The smallest absolute Gasteiger partial charge is 0.209 e. The first-order valence-electron chi connectivity index (χ1n) is 7.29. The maximum Gasteiger partial charge on any atom is 0.209 e. The molecule has 3 rings (SSSR count). The molecule has 6 heteroatoms. The fourth-order valence-electron chi connectivity index (χ4n) is 2.50. The van der Waals surface area contributed by atoms with Crippen molar-refractivity contribution in [3.8, 4) is 0 Å². The van der Waals surface area contributed by atoms with Gasteiger partial charge in [-0.3, -0.25) is 9.89 Å². The van der Waals surface area contributed by atoms with Crippen molar-refractivity contribution in [2.45, 2.75) is 37.6 Å². The number of rotatable bonds is 5. The lowest BCUT2D eigenvalue weighted by Gasteiger charge is -2.08. The lowest BCUT2D eigenvalue weighted by Crippen LogP contribution is -2.14. The van der Waals surface area contributed by atoms with Crippen LogP contribution in [-0.2, 0) is 6.42 Å². The third-order valence-electron chi connectivity index (χ3n) is 3.64. The number of benzene rings is 1. The number of Topliss-reactive ketones (excluding diaryl/α,β-unsaturated/α-hetero) is 1. The zero-order valence-electron chi connectivity index (χ0n) is 12.8. The van der Waals surface area contributed by atoms with E-state index in [1.165, 1.54) is 11.8 Å². The number of nitrogens with one attached hydrogen (secondary N) is 2. The zero-order chi connectivity index (χ0) is 15.7. The number of aryl methyl sites for hydroxylation is 2. The summed E-state index contributed by atoms with van der Waals surface area (Å²) in [5.74, 6) is 0.938. The molecule has 0 fully saturated rings. The number of carbonyl (C=O) groups is 1. The van der Waals surface area contributed by atoms with Crippen LogP contribution in [0.5, 0.6) is 0 Å². The first-order valence-corrected chi connectivity index (χ1v) is 8.17. The number of nitrogens with zero attached hydrogens (tertiary/aromatic N) is 2. The molecule has 2 N–H and O–H groups in total. The normalized spacial score (nSPS) is 12.7. The van der Waals surface area contributed by atoms with Gasteiger partial charge in [-0.2, -0.15) is 0 Å². The molecule has 0 aliphatic rings. The Morgan fingerprint density at radius 2 is 2.14 bits per heavy atom. The van der Waals surface area contributed by atoms with Crippen molar-refractivity contribution in [2.24, 2.45) is 0 Å². The van der Waals surface area contributed by atoms with Crippen molar-refractivity contribution in [3.63, 3.8) is 0 Å². The summed E-state index contributed by atoms with van der Waals surface area (Å²) >= 11 is 1.39. The van der Waals surface area contributed by atoms with Crippen LogP contribution in [0, 0.1) is 6.92 Å². The monoisotopic (exact) mass is 314 g/mol. The van der Waals surface area contributed by atoms with Gasteiger partial charge in [0.15, 0.2) is 5.78 Å². The van der Waals surface area contributed by atoms with E-state index in [1.807, 2.05) is 45.0 Å². The minimum absolute atomic E-state index is 0.0998. The second-order valence-electron chi connectivity index (χ2n) is 5.21. The molecular formula is C16H18N4OS. The Morgan fingerprint density at radius 3 is 2.86 bits per heavy atom. The van der Waals surface area contributed by atoms with Gasteiger partial charge in [-0.25, -0.2) is 4.98 Å². The van der Waals surface area contributed by atoms with E-state index in [0.717, 1.165) is 34.4 Å². The van der Waals surface area contributed by atoms with Crippen LogP contribution in [0.3, 0.4) is 0 Å². The van der Waals surface area contributed by atoms with Crippen LogP contribution in [0.4, 0.5) is 0 Å². The van der Waals surface area contributed by atoms with Crippen molar-refractivity contribution in [3.05, 3.63) is 41.3 Å². The molecule has 0 spiro atoms. The maximum atomic E-state index is 12.8. The quantitative estimate of drug-likeness (QED) is 0.558. The molecule has 1 aromatic carbocycles. The molecule has 3 aromatic rings. The Labute approximate surface area is 132 Å². The summed E-state index contributed by atoms with van der Waals surface area (Å²) < 4.78 is 0. The van der Waals surface area contributed by atoms with Crippen molar-refractivity contribution < 1.29 is 4.79 Å². The van der Waals surface area contributed by atoms with Crippen LogP contribution in [-0.4, -0.2) is 31.2 Å². The molecule has 114 valence electrons. The number of aromatic amines is 2. The largest absolute Gasteiger partial charge is 0.358 e. The highest BCUT2D eigenvalue weighted by Gasteiger charge is 2.23. The number of hydrogen-bond donors (Lipinski definition) is 2. The minimum Gasteiger partial charge on any atom is -0.358 e. The van der Waals surface area contributed by atoms with Gasteiger partial charge in [0.25, 0.3) is 0 Å². The summed E-state index contributed by atoms with van der Waals surface area (Å²) in [5.41, 5.74) is 2.66. The SMILES string of the molecule is CCc1nc(SC(C)C(=O)c2c(C)[nH]c3ccccc23)n[nH]1. The molecule has 2 heterocycles. The number of fused-ring (bicyclic) bond motifs is 1. The summed E-state index contributed by atoms with van der Waals surface area (Å²) in [5, 5.41) is 8.38. The molecule has 0 saturated heterocycles. The van der Waals surface area contributed by atoms with E-state index in [2.05, 4.69) is 20.2 Å². The number of hydrogen-bond acceptors (Lipinski definition) is 4. The Balaban J connectivity index is 1.87. The van der Waals surface area contributed by atoms with E-state index in [0.29, 0.717) is 5.16 Å². The van der Waals surface area contributed by atoms with Gasteiger partial charge in [0.05, 0.1) is 5.25 Å². The van der Waals surface area contributed by atoms with Gasteiger partial charge in [0, 0.05) is 28.6 Å². The average Bonchev–Trinajstić information content (AvgIpc) is 3.09. The molecule has 0 aliphatic heterocycles. The van der Waals surface area contributed by atoms with Crippen molar-refractivity contribution in [1.82, 2.24) is 20.2 Å². The summed E-state index contributed by atoms with van der Waals surface area (Å²) in [7, 11) is 0. The van der Waals surface area contributed by atoms with E-state index in [4.69, 9.17) is 0 Å². The van der Waals surface area contributed by atoms with E-state index < -0.39 is 0 Å². The standard InChI is InChI=1S/C16H18N4OS/c1-4-13-18-16(20-19-13)22-10(3)15(21)14-9(2)17-12-8-6-5-7-11(12)14/h5-8,10,17H,4H2,1-3H3,(H,18,19,20). The lowest BCUT2D eigenvalue weighted by molar-refractivity contribution is 0.0995. The van der Waals surface area contributed by atoms with Crippen LogP contribution < -0.4 is 0 Å². The topological polar surface area (TPSA) is 74.4 Å². The van der Waals surface area contributed by atoms with Gasteiger partial charge >= 0.3 is 0 Å². The van der Waals surface area contributed by atoms with E-state index in [9.17, 15) is 4.79 Å². The molecule has 1 unspecified atom stereocenters.